The minimum atomic E-state index is -5.57. The van der Waals surface area contributed by atoms with Crippen LogP contribution in [0.2, 0.25) is 0 Å². The van der Waals surface area contributed by atoms with E-state index in [1.807, 2.05) is 0 Å². The smallest absolute Gasteiger partial charge is 0.446 e. The summed E-state index contributed by atoms with van der Waals surface area (Å²) in [5, 5.41) is 0. The number of thiocarbonyl (C=S) groups is 1. The molecule has 0 saturated carbocycles. The Morgan fingerprint density at radius 3 is 2.13 bits per heavy atom. The molecule has 0 amide bonds. The van der Waals surface area contributed by atoms with Gasteiger partial charge in [-0.1, -0.05) is 12.2 Å². The molecular weight excluding hydrogens is 231 g/mol. The summed E-state index contributed by atoms with van der Waals surface area (Å²) in [6.45, 7) is -7.28. The van der Waals surface area contributed by atoms with Crippen LogP contribution in [0, 0.1) is 0 Å². The molecule has 0 spiro atoms. The maximum Gasteiger partial charge on any atom is 0.490 e. The lowest BCUT2D eigenvalue weighted by Gasteiger charge is -2.30. The summed E-state index contributed by atoms with van der Waals surface area (Å²) in [5.41, 5.74) is -3.58. The number of esters is 1. The first-order valence-corrected chi connectivity index (χ1v) is 3.91. The van der Waals surface area contributed by atoms with Gasteiger partial charge in [-0.25, -0.2) is 4.79 Å². The van der Waals surface area contributed by atoms with Crippen molar-refractivity contribution >= 4 is 23.2 Å². The number of likely N-dealkylation sites (N-methyl/N-ethyl adjacent to an activating group) is 1. The number of hydrogen-bond donors (Lipinski definition) is 0. The van der Waals surface area contributed by atoms with E-state index >= 15 is 0 Å². The first-order chi connectivity index (χ1) is 8.98. The van der Waals surface area contributed by atoms with Crippen LogP contribution >= 0.6 is 12.2 Å². The maximum absolute atomic E-state index is 12.3. The monoisotopic (exact) mass is 249 g/mol. The largest absolute Gasteiger partial charge is 0.490 e. The number of carbonyl (C=O) groups is 1. The lowest BCUT2D eigenvalue weighted by atomic mass is 10.1. The number of alkyl halides is 3. The number of rotatable bonds is 2. The van der Waals surface area contributed by atoms with Crippen molar-refractivity contribution in [1.82, 2.24) is 4.90 Å². The molecule has 88 valence electrons. The molecule has 0 unspecified atom stereocenters. The van der Waals surface area contributed by atoms with Gasteiger partial charge in [0.25, 0.3) is 0 Å². The average molecular weight is 249 g/mol. The second-order valence-electron chi connectivity index (χ2n) is 2.77. The third-order valence-electron chi connectivity index (χ3n) is 1.18. The SMILES string of the molecule is [2H]C([2H])([2H])C(OC(=O)C(F)(F)F)(C(=S)N(C)C)C([2H])([2H])[2H]. The molecule has 0 aliphatic carbocycles. The molecule has 0 radical (unpaired) electrons. The van der Waals surface area contributed by atoms with Crippen molar-refractivity contribution in [2.45, 2.75) is 25.5 Å². The van der Waals surface area contributed by atoms with Crippen molar-refractivity contribution in [1.29, 1.82) is 0 Å². The highest BCUT2D eigenvalue weighted by molar-refractivity contribution is 7.80. The topological polar surface area (TPSA) is 29.5 Å². The lowest BCUT2D eigenvalue weighted by molar-refractivity contribution is -0.207. The number of hydrogen-bond acceptors (Lipinski definition) is 3. The van der Waals surface area contributed by atoms with Crippen molar-refractivity contribution in [3.8, 4) is 0 Å². The van der Waals surface area contributed by atoms with Gasteiger partial charge in [-0.2, -0.15) is 13.2 Å². The Labute approximate surface area is 99.6 Å². The molecule has 0 aromatic carbocycles. The lowest BCUT2D eigenvalue weighted by Crippen LogP contribution is -2.46. The van der Waals surface area contributed by atoms with Crippen molar-refractivity contribution in [2.75, 3.05) is 14.1 Å². The van der Waals surface area contributed by atoms with Gasteiger partial charge in [0, 0.05) is 22.3 Å². The Morgan fingerprint density at radius 1 is 1.40 bits per heavy atom. The van der Waals surface area contributed by atoms with Crippen LogP contribution in [-0.2, 0) is 9.53 Å². The van der Waals surface area contributed by atoms with E-state index in [1.165, 1.54) is 0 Å². The summed E-state index contributed by atoms with van der Waals surface area (Å²) in [6.07, 6.45) is -5.57. The van der Waals surface area contributed by atoms with Gasteiger partial charge < -0.3 is 9.64 Å². The van der Waals surface area contributed by atoms with E-state index in [1.54, 1.807) is 0 Å². The molecule has 0 N–H and O–H groups in total. The average Bonchev–Trinajstić information content (AvgIpc) is 2.19. The van der Waals surface area contributed by atoms with Gasteiger partial charge in [-0.15, -0.1) is 0 Å². The summed E-state index contributed by atoms with van der Waals surface area (Å²) < 4.78 is 84.2. The standard InChI is InChI=1S/C8H12F3NO2S/c1-7(2,5(15)12(3)4)14-6(13)8(9,10)11/h1-4H3/i1D3,2D3. The summed E-state index contributed by atoms with van der Waals surface area (Å²) in [7, 11) is 2.24. The predicted octanol–water partition coefficient (Wildman–Crippen LogP) is 1.76. The fraction of sp³-hybridized carbons (Fsp3) is 0.750. The van der Waals surface area contributed by atoms with E-state index in [2.05, 4.69) is 17.0 Å². The van der Waals surface area contributed by atoms with E-state index in [4.69, 9.17) is 8.22 Å². The minimum Gasteiger partial charge on any atom is -0.446 e. The second-order valence-corrected chi connectivity index (χ2v) is 3.15. The van der Waals surface area contributed by atoms with Crippen LogP contribution in [0.1, 0.15) is 21.9 Å². The number of carbonyl (C=O) groups excluding carboxylic acids is 1. The Morgan fingerprint density at radius 2 is 1.87 bits per heavy atom. The number of nitrogens with zero attached hydrogens (tertiary/aromatic N) is 1. The molecule has 0 aliphatic rings. The molecule has 15 heavy (non-hydrogen) atoms. The summed E-state index contributed by atoms with van der Waals surface area (Å²) in [5.74, 6) is -2.95. The van der Waals surface area contributed by atoms with Gasteiger partial charge >= 0.3 is 12.1 Å². The maximum atomic E-state index is 12.3. The van der Waals surface area contributed by atoms with Crippen LogP contribution in [-0.4, -0.2) is 41.7 Å². The zero-order valence-corrected chi connectivity index (χ0v) is 8.62. The van der Waals surface area contributed by atoms with E-state index in [-0.39, 0.29) is 0 Å². The Kier molecular flexibility index (Phi) is 1.93. The van der Waals surface area contributed by atoms with Gasteiger partial charge in [0.15, 0.2) is 5.60 Å². The third-order valence-corrected chi connectivity index (χ3v) is 1.84. The molecule has 3 nitrogen and oxygen atoms in total. The molecule has 7 heteroatoms. The molecule has 0 heterocycles. The normalized spacial score (nSPS) is 19.8. The van der Waals surface area contributed by atoms with Crippen LogP contribution in [0.25, 0.3) is 0 Å². The van der Waals surface area contributed by atoms with Crippen molar-refractivity contribution in [2.24, 2.45) is 0 Å². The number of halogens is 3. The van der Waals surface area contributed by atoms with Crippen LogP contribution in [0.5, 0.6) is 0 Å². The van der Waals surface area contributed by atoms with Crippen LogP contribution in [0.3, 0.4) is 0 Å². The first kappa shape index (κ1) is 6.67. The fourth-order valence-corrected chi connectivity index (χ4v) is 0.597. The molecule has 0 atom stereocenters. The van der Waals surface area contributed by atoms with Crippen LogP contribution in [0.15, 0.2) is 0 Å². The van der Waals surface area contributed by atoms with E-state index in [9.17, 15) is 18.0 Å². The van der Waals surface area contributed by atoms with Crippen molar-refractivity contribution < 1.29 is 30.9 Å². The van der Waals surface area contributed by atoms with Gasteiger partial charge in [0.05, 0.1) is 0 Å². The summed E-state index contributed by atoms with van der Waals surface area (Å²) in [6, 6.07) is 0. The summed E-state index contributed by atoms with van der Waals surface area (Å²) >= 11 is 4.61. The molecule has 0 aromatic rings. The molecular formula is C8H12F3NO2S. The van der Waals surface area contributed by atoms with Crippen molar-refractivity contribution in [3.63, 3.8) is 0 Å². The Hall–Kier alpha value is -0.850. The summed E-state index contributed by atoms with van der Waals surface area (Å²) in [4.78, 5) is 10.8. The highest BCUT2D eigenvalue weighted by atomic mass is 32.1. The third kappa shape index (κ3) is 4.03. The first-order valence-electron chi connectivity index (χ1n) is 6.50. The zero-order chi connectivity index (χ0) is 17.4. The van der Waals surface area contributed by atoms with Crippen molar-refractivity contribution in [3.05, 3.63) is 0 Å². The quantitative estimate of drug-likeness (QED) is 0.551. The van der Waals surface area contributed by atoms with E-state index < -0.39 is 36.4 Å². The van der Waals surface area contributed by atoms with Crippen LogP contribution < -0.4 is 0 Å². The molecule has 0 aliphatic heterocycles. The highest BCUT2D eigenvalue weighted by Gasteiger charge is 2.45. The van der Waals surface area contributed by atoms with Gasteiger partial charge in [0.1, 0.15) is 4.99 Å². The van der Waals surface area contributed by atoms with E-state index in [0.717, 1.165) is 19.0 Å². The Balaban J connectivity index is 6.22. The van der Waals surface area contributed by atoms with Gasteiger partial charge in [-0.3, -0.25) is 0 Å². The number of ether oxygens (including phenoxy) is 1. The van der Waals surface area contributed by atoms with Crippen LogP contribution in [0.4, 0.5) is 13.2 Å². The molecule has 0 rings (SSSR count). The Bertz CT molecular complexity index is 417. The molecule has 0 fully saturated rings. The fourth-order valence-electron chi connectivity index (χ4n) is 0.555. The van der Waals surface area contributed by atoms with E-state index in [0.29, 0.717) is 0 Å². The predicted molar refractivity (Wildman–Crippen MR) is 52.5 cm³/mol. The highest BCUT2D eigenvalue weighted by Crippen LogP contribution is 2.22. The van der Waals surface area contributed by atoms with Gasteiger partial charge in [-0.05, 0) is 13.7 Å². The van der Waals surface area contributed by atoms with Gasteiger partial charge in [0.2, 0.25) is 0 Å². The molecule has 0 bridgehead atoms. The zero-order valence-electron chi connectivity index (χ0n) is 13.8. The molecule has 0 aromatic heterocycles. The second kappa shape index (κ2) is 4.34. The molecule has 0 saturated heterocycles. The minimum absolute atomic E-state index is 0.789.